The number of methoxy groups -OCH3 is 1. The van der Waals surface area contributed by atoms with Crippen LogP contribution in [0.1, 0.15) is 16.7 Å². The van der Waals surface area contributed by atoms with Crippen molar-refractivity contribution in [3.63, 3.8) is 0 Å². The third kappa shape index (κ3) is 4.42. The summed E-state index contributed by atoms with van der Waals surface area (Å²) in [5, 5.41) is 3.30. The van der Waals surface area contributed by atoms with Crippen LogP contribution in [0, 0.1) is 0 Å². The predicted octanol–water partition coefficient (Wildman–Crippen LogP) is 4.77. The van der Waals surface area contributed by atoms with Crippen molar-refractivity contribution in [3.05, 3.63) is 100 Å². The predicted molar refractivity (Wildman–Crippen MR) is 130 cm³/mol. The highest BCUT2D eigenvalue weighted by molar-refractivity contribution is 7.80. The van der Waals surface area contributed by atoms with Crippen LogP contribution in [0.15, 0.2) is 78.4 Å². The molecule has 0 saturated carbocycles. The van der Waals surface area contributed by atoms with Crippen molar-refractivity contribution in [2.75, 3.05) is 12.0 Å². The molecule has 4 rings (SSSR count). The minimum absolute atomic E-state index is 0.00646. The van der Waals surface area contributed by atoms with Gasteiger partial charge in [-0.15, -0.1) is 0 Å². The number of thiocarbonyl (C=S) groups is 1. The van der Waals surface area contributed by atoms with Crippen LogP contribution in [-0.2, 0) is 16.0 Å². The highest BCUT2D eigenvalue weighted by Gasteiger charge is 2.34. The molecular weight excluding hydrogens is 444 g/mol. The Morgan fingerprint density at radius 3 is 2.44 bits per heavy atom. The molecule has 0 atom stereocenters. The van der Waals surface area contributed by atoms with E-state index in [0.717, 1.165) is 11.1 Å². The molecule has 3 aromatic carbocycles. The summed E-state index contributed by atoms with van der Waals surface area (Å²) in [6.45, 7) is 0. The number of rotatable bonds is 5. The number of benzene rings is 3. The highest BCUT2D eigenvalue weighted by Crippen LogP contribution is 2.27. The summed E-state index contributed by atoms with van der Waals surface area (Å²) >= 11 is 11.6. The average molecular weight is 463 g/mol. The number of carbonyl (C=O) groups excluding carboxylic acids is 2. The Balaban J connectivity index is 1.76. The lowest BCUT2D eigenvalue weighted by atomic mass is 9.97. The van der Waals surface area contributed by atoms with E-state index in [1.165, 1.54) is 4.90 Å². The van der Waals surface area contributed by atoms with Gasteiger partial charge in [-0.2, -0.15) is 0 Å². The number of anilines is 1. The monoisotopic (exact) mass is 462 g/mol. The summed E-state index contributed by atoms with van der Waals surface area (Å²) < 4.78 is 5.37. The molecule has 1 heterocycles. The van der Waals surface area contributed by atoms with Crippen LogP contribution >= 0.6 is 23.8 Å². The van der Waals surface area contributed by atoms with E-state index in [0.29, 0.717) is 28.4 Å². The van der Waals surface area contributed by atoms with E-state index in [1.54, 1.807) is 43.5 Å². The molecule has 0 radical (unpaired) electrons. The molecule has 5 nitrogen and oxygen atoms in total. The van der Waals surface area contributed by atoms with Gasteiger partial charge in [-0.1, -0.05) is 54.1 Å². The fourth-order valence-corrected chi connectivity index (χ4v) is 3.96. The van der Waals surface area contributed by atoms with E-state index in [2.05, 4.69) is 5.32 Å². The van der Waals surface area contributed by atoms with Crippen LogP contribution < -0.4 is 15.0 Å². The number of hydrogen-bond acceptors (Lipinski definition) is 4. The lowest BCUT2D eigenvalue weighted by molar-refractivity contribution is -0.122. The highest BCUT2D eigenvalue weighted by atomic mass is 35.5. The van der Waals surface area contributed by atoms with Crippen molar-refractivity contribution in [2.24, 2.45) is 0 Å². The number of nitrogens with one attached hydrogen (secondary N) is 1. The summed E-state index contributed by atoms with van der Waals surface area (Å²) in [5.74, 6) is -0.350. The Morgan fingerprint density at radius 2 is 1.72 bits per heavy atom. The van der Waals surface area contributed by atoms with E-state index >= 15 is 0 Å². The van der Waals surface area contributed by atoms with E-state index in [1.807, 2.05) is 42.5 Å². The Labute approximate surface area is 196 Å². The minimum Gasteiger partial charge on any atom is -0.497 e. The molecule has 1 fully saturated rings. The molecule has 3 aromatic rings. The van der Waals surface area contributed by atoms with Crippen molar-refractivity contribution in [3.8, 4) is 5.75 Å². The van der Waals surface area contributed by atoms with Crippen LogP contribution in [0.2, 0.25) is 5.02 Å². The van der Waals surface area contributed by atoms with Crippen LogP contribution in [0.4, 0.5) is 5.69 Å². The zero-order valence-electron chi connectivity index (χ0n) is 17.2. The lowest BCUT2D eigenvalue weighted by Crippen LogP contribution is -2.54. The molecule has 160 valence electrons. The molecular formula is C25H19ClN2O3S. The topological polar surface area (TPSA) is 58.6 Å². The van der Waals surface area contributed by atoms with Crippen LogP contribution in [-0.4, -0.2) is 24.0 Å². The molecule has 2 amide bonds. The zero-order chi connectivity index (χ0) is 22.7. The summed E-state index contributed by atoms with van der Waals surface area (Å²) in [4.78, 5) is 27.3. The van der Waals surface area contributed by atoms with Crippen LogP contribution in [0.5, 0.6) is 5.75 Å². The number of nitrogens with zero attached hydrogens (tertiary/aromatic N) is 1. The maximum atomic E-state index is 13.3. The second-order valence-corrected chi connectivity index (χ2v) is 7.92. The third-order valence-electron chi connectivity index (χ3n) is 5.10. The fourth-order valence-electron chi connectivity index (χ4n) is 3.47. The number of ether oxygens (including phenoxy) is 1. The number of carbonyl (C=O) groups is 2. The van der Waals surface area contributed by atoms with Crippen molar-refractivity contribution in [1.29, 1.82) is 0 Å². The number of hydrogen-bond donors (Lipinski definition) is 1. The van der Waals surface area contributed by atoms with Crippen LogP contribution in [0.3, 0.4) is 0 Å². The third-order valence-corrected chi connectivity index (χ3v) is 5.76. The molecule has 1 aliphatic rings. The first-order valence-corrected chi connectivity index (χ1v) is 10.6. The van der Waals surface area contributed by atoms with Gasteiger partial charge in [-0.3, -0.25) is 19.8 Å². The second kappa shape index (κ2) is 9.34. The van der Waals surface area contributed by atoms with Gasteiger partial charge in [0.15, 0.2) is 5.11 Å². The zero-order valence-corrected chi connectivity index (χ0v) is 18.7. The van der Waals surface area contributed by atoms with Gasteiger partial charge in [0.05, 0.1) is 12.8 Å². The Morgan fingerprint density at radius 1 is 1.00 bits per heavy atom. The normalized spacial score (nSPS) is 15.1. The molecule has 0 bridgehead atoms. The number of para-hydroxylation sites is 1. The van der Waals surface area contributed by atoms with Gasteiger partial charge in [-0.05, 0) is 71.7 Å². The summed E-state index contributed by atoms with van der Waals surface area (Å²) in [6, 6.07) is 22.0. The smallest absolute Gasteiger partial charge is 0.270 e. The van der Waals surface area contributed by atoms with Gasteiger partial charge >= 0.3 is 0 Å². The minimum atomic E-state index is -0.535. The quantitative estimate of drug-likeness (QED) is 0.337. The van der Waals surface area contributed by atoms with Gasteiger partial charge in [0.2, 0.25) is 0 Å². The molecule has 0 aliphatic carbocycles. The molecule has 1 saturated heterocycles. The Bertz CT molecular complexity index is 1240. The average Bonchev–Trinajstić information content (AvgIpc) is 2.79. The number of halogens is 1. The molecule has 0 unspecified atom stereocenters. The maximum Gasteiger partial charge on any atom is 0.270 e. The van der Waals surface area contributed by atoms with Gasteiger partial charge in [-0.25, -0.2) is 0 Å². The second-order valence-electron chi connectivity index (χ2n) is 7.13. The molecule has 0 aromatic heterocycles. The first-order valence-electron chi connectivity index (χ1n) is 9.85. The molecule has 0 spiro atoms. The molecule has 1 aliphatic heterocycles. The molecule has 7 heteroatoms. The van der Waals surface area contributed by atoms with Crippen molar-refractivity contribution >= 4 is 52.5 Å². The van der Waals surface area contributed by atoms with E-state index in [9.17, 15) is 9.59 Å². The van der Waals surface area contributed by atoms with Gasteiger partial charge in [0, 0.05) is 5.02 Å². The molecule has 1 N–H and O–H groups in total. The largest absolute Gasteiger partial charge is 0.497 e. The van der Waals surface area contributed by atoms with E-state index in [4.69, 9.17) is 28.6 Å². The van der Waals surface area contributed by atoms with Gasteiger partial charge < -0.3 is 4.74 Å². The maximum absolute atomic E-state index is 13.3. The Kier molecular flexibility index (Phi) is 6.35. The first kappa shape index (κ1) is 21.7. The lowest BCUT2D eigenvalue weighted by Gasteiger charge is -2.29. The Hall–Kier alpha value is -3.48. The van der Waals surface area contributed by atoms with Crippen molar-refractivity contribution in [2.45, 2.75) is 6.42 Å². The first-order chi connectivity index (χ1) is 15.5. The van der Waals surface area contributed by atoms with Crippen molar-refractivity contribution in [1.82, 2.24) is 5.32 Å². The number of amides is 2. The van der Waals surface area contributed by atoms with Gasteiger partial charge in [0.25, 0.3) is 11.8 Å². The van der Waals surface area contributed by atoms with Gasteiger partial charge in [0.1, 0.15) is 11.3 Å². The van der Waals surface area contributed by atoms with E-state index < -0.39 is 11.8 Å². The fraction of sp³-hybridized carbons (Fsp3) is 0.0800. The summed E-state index contributed by atoms with van der Waals surface area (Å²) in [7, 11) is 1.59. The van der Waals surface area contributed by atoms with Crippen LogP contribution in [0.25, 0.3) is 6.08 Å². The van der Waals surface area contributed by atoms with E-state index in [-0.39, 0.29) is 10.7 Å². The summed E-state index contributed by atoms with van der Waals surface area (Å²) in [5.41, 5.74) is 3.08. The molecule has 32 heavy (non-hydrogen) atoms. The standard InChI is InChI=1S/C25H19ClN2O3S/c1-31-20-12-11-16(18(14-20)13-17-7-5-6-10-22(17)26)15-21-23(29)27-25(32)28(24(21)30)19-8-3-2-4-9-19/h2-12,14-15H,13H2,1H3,(H,27,29,32)/b21-15-. The summed E-state index contributed by atoms with van der Waals surface area (Å²) in [6.07, 6.45) is 2.09. The van der Waals surface area contributed by atoms with Crippen molar-refractivity contribution < 1.29 is 14.3 Å². The SMILES string of the molecule is COc1ccc(/C=C2/C(=O)NC(=S)N(c3ccccc3)C2=O)c(Cc2ccccc2Cl)c1.